The van der Waals surface area contributed by atoms with E-state index >= 15 is 0 Å². The maximum absolute atomic E-state index is 12.6. The molecule has 0 fully saturated rings. The minimum Gasteiger partial charge on any atom is -0.493 e. The topological polar surface area (TPSA) is 62.6 Å². The lowest BCUT2D eigenvalue weighted by atomic mass is 10.0. The van der Waals surface area contributed by atoms with Gasteiger partial charge in [0.1, 0.15) is 0 Å². The molecule has 1 amide bonds. The van der Waals surface area contributed by atoms with Crippen LogP contribution >= 0.6 is 11.3 Å². The van der Waals surface area contributed by atoms with Gasteiger partial charge >= 0.3 is 0 Å². The van der Waals surface area contributed by atoms with Crippen molar-refractivity contribution in [1.82, 2.24) is 4.90 Å². The molecule has 0 aliphatic carbocycles. The minimum absolute atomic E-state index is 0.0145. The summed E-state index contributed by atoms with van der Waals surface area (Å²) in [6.45, 7) is 2.99. The number of amides is 1. The molecule has 1 atom stereocenters. The SMILES string of the molecule is CCOc1ccc(C(CC#N)N2Cc3cscc3C2=O)cc1OC. The van der Waals surface area contributed by atoms with E-state index in [9.17, 15) is 10.1 Å². The van der Waals surface area contributed by atoms with Crippen molar-refractivity contribution in [2.24, 2.45) is 0 Å². The van der Waals surface area contributed by atoms with Gasteiger partial charge in [-0.3, -0.25) is 4.79 Å². The molecule has 0 saturated carbocycles. The molecule has 6 heteroatoms. The molecule has 0 radical (unpaired) electrons. The molecular weight excluding hydrogens is 324 g/mol. The number of nitriles is 1. The predicted molar refractivity (Wildman–Crippen MR) is 91.3 cm³/mol. The zero-order chi connectivity index (χ0) is 17.1. The first kappa shape index (κ1) is 16.3. The van der Waals surface area contributed by atoms with Crippen molar-refractivity contribution in [2.45, 2.75) is 25.9 Å². The molecule has 0 spiro atoms. The van der Waals surface area contributed by atoms with Crippen molar-refractivity contribution in [3.8, 4) is 17.6 Å². The second-order valence-electron chi connectivity index (χ2n) is 5.47. The number of methoxy groups -OCH3 is 1. The van der Waals surface area contributed by atoms with Gasteiger partial charge in [0.25, 0.3) is 5.91 Å². The summed E-state index contributed by atoms with van der Waals surface area (Å²) < 4.78 is 10.9. The van der Waals surface area contributed by atoms with Gasteiger partial charge in [-0.05, 0) is 35.6 Å². The summed E-state index contributed by atoms with van der Waals surface area (Å²) in [7, 11) is 1.58. The molecule has 0 N–H and O–H groups in total. The summed E-state index contributed by atoms with van der Waals surface area (Å²) in [5.74, 6) is 1.25. The van der Waals surface area contributed by atoms with Crippen molar-refractivity contribution in [2.75, 3.05) is 13.7 Å². The Labute approximate surface area is 145 Å². The average Bonchev–Trinajstić information content (AvgIpc) is 3.17. The monoisotopic (exact) mass is 342 g/mol. The van der Waals surface area contributed by atoms with E-state index in [0.717, 1.165) is 16.7 Å². The molecule has 124 valence electrons. The first-order valence-corrected chi connectivity index (χ1v) is 8.67. The Kier molecular flexibility index (Phi) is 4.72. The number of ether oxygens (including phenoxy) is 2. The maximum Gasteiger partial charge on any atom is 0.255 e. The Bertz CT molecular complexity index is 794. The number of thiophene rings is 1. The lowest BCUT2D eigenvalue weighted by Crippen LogP contribution is -2.29. The molecule has 2 aromatic rings. The molecule has 24 heavy (non-hydrogen) atoms. The largest absolute Gasteiger partial charge is 0.493 e. The molecule has 3 rings (SSSR count). The molecule has 1 aromatic heterocycles. The van der Waals surface area contributed by atoms with Crippen LogP contribution in [0.15, 0.2) is 29.0 Å². The van der Waals surface area contributed by atoms with E-state index in [1.807, 2.05) is 35.9 Å². The third kappa shape index (κ3) is 2.83. The molecule has 5 nitrogen and oxygen atoms in total. The number of hydrogen-bond acceptors (Lipinski definition) is 5. The molecule has 2 heterocycles. The Morgan fingerprint density at radius 3 is 2.88 bits per heavy atom. The van der Waals surface area contributed by atoms with Crippen LogP contribution in [0.25, 0.3) is 0 Å². The summed E-state index contributed by atoms with van der Waals surface area (Å²) >= 11 is 1.53. The quantitative estimate of drug-likeness (QED) is 0.802. The number of fused-ring (bicyclic) bond motifs is 1. The lowest BCUT2D eigenvalue weighted by Gasteiger charge is -2.27. The van der Waals surface area contributed by atoms with E-state index in [1.54, 1.807) is 12.0 Å². The summed E-state index contributed by atoms with van der Waals surface area (Å²) in [6, 6.07) is 7.48. The summed E-state index contributed by atoms with van der Waals surface area (Å²) in [5.41, 5.74) is 2.66. The number of rotatable bonds is 6. The number of carbonyl (C=O) groups excluding carboxylic acids is 1. The van der Waals surface area contributed by atoms with Crippen LogP contribution in [0.4, 0.5) is 0 Å². The van der Waals surface area contributed by atoms with Gasteiger partial charge in [-0.25, -0.2) is 0 Å². The van der Waals surface area contributed by atoms with E-state index in [1.165, 1.54) is 11.3 Å². The molecule has 1 unspecified atom stereocenters. The third-order valence-electron chi connectivity index (χ3n) is 4.11. The minimum atomic E-state index is -0.301. The highest BCUT2D eigenvalue weighted by molar-refractivity contribution is 7.08. The first-order valence-electron chi connectivity index (χ1n) is 7.73. The number of benzene rings is 1. The number of hydrogen-bond donors (Lipinski definition) is 0. The fourth-order valence-electron chi connectivity index (χ4n) is 2.96. The van der Waals surface area contributed by atoms with Gasteiger partial charge in [0.2, 0.25) is 0 Å². The van der Waals surface area contributed by atoms with E-state index in [-0.39, 0.29) is 18.4 Å². The highest BCUT2D eigenvalue weighted by Crippen LogP contribution is 2.38. The Morgan fingerprint density at radius 2 is 2.21 bits per heavy atom. The van der Waals surface area contributed by atoms with Crippen LogP contribution in [0.3, 0.4) is 0 Å². The summed E-state index contributed by atoms with van der Waals surface area (Å²) in [6.07, 6.45) is 0.233. The van der Waals surface area contributed by atoms with Crippen LogP contribution < -0.4 is 9.47 Å². The number of carbonyl (C=O) groups is 1. The second-order valence-corrected chi connectivity index (χ2v) is 6.21. The van der Waals surface area contributed by atoms with Gasteiger partial charge in [0.15, 0.2) is 11.5 Å². The van der Waals surface area contributed by atoms with Crippen LogP contribution in [0.2, 0.25) is 0 Å². The highest BCUT2D eigenvalue weighted by Gasteiger charge is 2.34. The van der Waals surface area contributed by atoms with Crippen molar-refractivity contribution in [1.29, 1.82) is 5.26 Å². The van der Waals surface area contributed by atoms with E-state index in [0.29, 0.717) is 24.7 Å². The van der Waals surface area contributed by atoms with E-state index < -0.39 is 0 Å². The highest BCUT2D eigenvalue weighted by atomic mass is 32.1. The molecule has 1 aliphatic heterocycles. The fourth-order valence-corrected chi connectivity index (χ4v) is 3.78. The van der Waals surface area contributed by atoms with Crippen molar-refractivity contribution in [3.63, 3.8) is 0 Å². The second kappa shape index (κ2) is 6.93. The van der Waals surface area contributed by atoms with Gasteiger partial charge in [0, 0.05) is 11.9 Å². The zero-order valence-electron chi connectivity index (χ0n) is 13.6. The average molecular weight is 342 g/mol. The smallest absolute Gasteiger partial charge is 0.255 e. The van der Waals surface area contributed by atoms with Crippen LogP contribution in [0, 0.1) is 11.3 Å². The lowest BCUT2D eigenvalue weighted by molar-refractivity contribution is 0.0703. The standard InChI is InChI=1S/C18H18N2O3S/c1-3-23-16-5-4-12(8-17(16)22-2)15(6-7-19)20-9-13-10-24-11-14(13)18(20)21/h4-5,8,10-11,15H,3,6,9H2,1-2H3. The van der Waals surface area contributed by atoms with Crippen molar-refractivity contribution in [3.05, 3.63) is 45.6 Å². The van der Waals surface area contributed by atoms with E-state index in [2.05, 4.69) is 6.07 Å². The van der Waals surface area contributed by atoms with E-state index in [4.69, 9.17) is 9.47 Å². The van der Waals surface area contributed by atoms with Gasteiger partial charge < -0.3 is 14.4 Å². The third-order valence-corrected chi connectivity index (χ3v) is 4.90. The van der Waals surface area contributed by atoms with Crippen LogP contribution in [0.5, 0.6) is 11.5 Å². The maximum atomic E-state index is 12.6. The van der Waals surface area contributed by atoms with Crippen LogP contribution in [-0.4, -0.2) is 24.5 Å². The van der Waals surface area contributed by atoms with Gasteiger partial charge in [-0.2, -0.15) is 16.6 Å². The molecule has 0 saturated heterocycles. The molecular formula is C18H18N2O3S. The normalized spacial score (nSPS) is 14.2. The fraction of sp³-hybridized carbons (Fsp3) is 0.333. The molecule has 1 aromatic carbocycles. The first-order chi connectivity index (χ1) is 11.7. The predicted octanol–water partition coefficient (Wildman–Crippen LogP) is 3.77. The summed E-state index contributed by atoms with van der Waals surface area (Å²) in [5, 5.41) is 13.1. The molecule has 1 aliphatic rings. The summed E-state index contributed by atoms with van der Waals surface area (Å²) in [4.78, 5) is 14.4. The number of nitrogens with zero attached hydrogens (tertiary/aromatic N) is 2. The Balaban J connectivity index is 1.93. The zero-order valence-corrected chi connectivity index (χ0v) is 14.4. The van der Waals surface area contributed by atoms with Crippen LogP contribution in [0.1, 0.15) is 40.9 Å². The Morgan fingerprint density at radius 1 is 1.38 bits per heavy atom. The van der Waals surface area contributed by atoms with Crippen molar-refractivity contribution >= 4 is 17.2 Å². The molecule has 0 bridgehead atoms. The Hall–Kier alpha value is -2.52. The van der Waals surface area contributed by atoms with Crippen LogP contribution in [-0.2, 0) is 6.54 Å². The van der Waals surface area contributed by atoms with Gasteiger partial charge in [-0.15, -0.1) is 0 Å². The van der Waals surface area contributed by atoms with Gasteiger partial charge in [0.05, 0.1) is 37.8 Å². The van der Waals surface area contributed by atoms with Gasteiger partial charge in [-0.1, -0.05) is 6.07 Å². The van der Waals surface area contributed by atoms with Crippen molar-refractivity contribution < 1.29 is 14.3 Å².